The van der Waals surface area contributed by atoms with E-state index in [-0.39, 0.29) is 79.6 Å². The largest absolute Gasteiger partial charge is 0.456 e. The van der Waals surface area contributed by atoms with Crippen LogP contribution in [0.1, 0.15) is 108 Å². The zero-order valence-electron chi connectivity index (χ0n) is 31.8. The van der Waals surface area contributed by atoms with Crippen molar-refractivity contribution in [2.45, 2.75) is 150 Å². The van der Waals surface area contributed by atoms with E-state index in [4.69, 9.17) is 14.2 Å². The summed E-state index contributed by atoms with van der Waals surface area (Å²) in [6.07, 6.45) is -3.18. The quantitative estimate of drug-likeness (QED) is 0.107. The summed E-state index contributed by atoms with van der Waals surface area (Å²) >= 11 is 4.24. The molecule has 0 saturated heterocycles. The van der Waals surface area contributed by atoms with Crippen LogP contribution in [-0.2, 0) is 28.6 Å². The summed E-state index contributed by atoms with van der Waals surface area (Å²) in [6, 6.07) is -0.954. The van der Waals surface area contributed by atoms with Gasteiger partial charge in [-0.05, 0) is 112 Å². The molecule has 0 heterocycles. The smallest absolute Gasteiger partial charge is 0.407 e. The predicted molar refractivity (Wildman–Crippen MR) is 203 cm³/mol. The number of Topliss-reactive ketones (excluding diaryl/α,β-unsaturated/α-hetero) is 1. The number of hydrogen-bond donors (Lipinski definition) is 4. The van der Waals surface area contributed by atoms with Gasteiger partial charge in [0.25, 0.3) is 0 Å². The molecule has 11 nitrogen and oxygen atoms in total. The number of fused-ring (bicyclic) bond motifs is 5. The second-order valence-corrected chi connectivity index (χ2v) is 18.0. The van der Waals surface area contributed by atoms with Crippen LogP contribution in [0.15, 0.2) is 11.1 Å². The Bertz CT molecular complexity index is 1410. The van der Waals surface area contributed by atoms with Gasteiger partial charge in [-0.25, -0.2) is 9.59 Å². The van der Waals surface area contributed by atoms with Gasteiger partial charge in [-0.1, -0.05) is 34.6 Å². The van der Waals surface area contributed by atoms with Crippen molar-refractivity contribution in [3.63, 3.8) is 0 Å². The fourth-order valence-corrected chi connectivity index (χ4v) is 10.3. The zero-order chi connectivity index (χ0) is 38.1. The number of hydrogen-bond acceptors (Lipinski definition) is 10. The molecule has 4 N–H and O–H groups in total. The topological polar surface area (TPSA) is 169 Å². The molecular weight excluding hydrogens is 1100 g/mol. The van der Waals surface area contributed by atoms with E-state index in [9.17, 15) is 34.5 Å². The summed E-state index contributed by atoms with van der Waals surface area (Å²) in [7, 11) is 0. The Labute approximate surface area is 362 Å². The minimum Gasteiger partial charge on any atom is -0.456 e. The summed E-state index contributed by atoms with van der Waals surface area (Å²) in [5, 5.41) is 37.9. The molecule has 1 radical (unpaired) electrons. The van der Waals surface area contributed by atoms with Crippen LogP contribution in [0.5, 0.6) is 0 Å². The van der Waals surface area contributed by atoms with Crippen molar-refractivity contribution in [1.29, 1.82) is 0 Å². The molecule has 4 saturated carbocycles. The number of aliphatic hydroxyl groups excluding tert-OH is 2. The average Bonchev–Trinajstić information content (AvgIpc) is 3.63. The molecule has 2 bridgehead atoms. The molecule has 287 valence electrons. The van der Waals surface area contributed by atoms with Crippen LogP contribution in [0, 0.1) is 89.9 Å². The van der Waals surface area contributed by atoms with Crippen molar-refractivity contribution in [2.24, 2.45) is 45.8 Å². The van der Waals surface area contributed by atoms with E-state index in [2.05, 4.69) is 42.5 Å². The van der Waals surface area contributed by atoms with E-state index < -0.39 is 82.2 Å². The molecule has 0 aromatic heterocycles. The van der Waals surface area contributed by atoms with Crippen LogP contribution < -0.4 is 5.32 Å². The molecule has 14 heteroatoms. The standard InChI is InChI=1S/C37H57NO10.Ac.I2/c1-17-21-15-23(47-31(43)27(41)26(22-16-34(22,7)8)38-32(44)48-33(4,5)6)18(2)25(35(21,9)10)28(46-19(3)39)30(42)36(11)24(40)14-20-12-13-37(20,45)29(17)36;;1-2/h17,20-24,26-29,40-41,45H,12-16H2,1-11H3,(H,38,44);;/t17-,20-,21?,22?,23?,24?,26?,27?,28?,29+,36-,37?;;/m1../s1. The predicted octanol–water partition coefficient (Wildman–Crippen LogP) is 6.01. The Morgan fingerprint density at radius 3 is 2.08 bits per heavy atom. The third-order valence-electron chi connectivity index (χ3n) is 13.0. The molecule has 0 aliphatic heterocycles. The normalized spacial score (nSPS) is 38.5. The van der Waals surface area contributed by atoms with E-state index in [1.165, 1.54) is 6.92 Å². The van der Waals surface area contributed by atoms with Crippen molar-refractivity contribution in [3.8, 4) is 0 Å². The van der Waals surface area contributed by atoms with E-state index in [1.807, 2.05) is 34.6 Å². The van der Waals surface area contributed by atoms with Gasteiger partial charge in [0.1, 0.15) is 11.7 Å². The first kappa shape index (κ1) is 45.8. The number of esters is 2. The number of nitrogens with one attached hydrogen (secondary N) is 1. The maximum Gasteiger partial charge on any atom is 0.407 e. The van der Waals surface area contributed by atoms with Crippen LogP contribution in [0.3, 0.4) is 0 Å². The summed E-state index contributed by atoms with van der Waals surface area (Å²) in [5.41, 5.74) is -3.23. The number of ketones is 1. The van der Waals surface area contributed by atoms with Gasteiger partial charge in [0.15, 0.2) is 18.0 Å². The fourth-order valence-electron chi connectivity index (χ4n) is 10.3. The Morgan fingerprint density at radius 1 is 1.04 bits per heavy atom. The number of aliphatic hydroxyl groups is 3. The first-order chi connectivity index (χ1) is 22.9. The molecule has 5 aliphatic rings. The second-order valence-electron chi connectivity index (χ2n) is 18.0. The maximum absolute atomic E-state index is 14.8. The van der Waals surface area contributed by atoms with Crippen molar-refractivity contribution in [1.82, 2.24) is 5.32 Å². The van der Waals surface area contributed by atoms with Crippen LogP contribution >= 0.6 is 37.2 Å². The van der Waals surface area contributed by atoms with Crippen LogP contribution in [-0.4, -0.2) is 80.8 Å². The third-order valence-corrected chi connectivity index (χ3v) is 13.0. The number of halogens is 2. The Kier molecular flexibility index (Phi) is 14.5. The number of carbonyl (C=O) groups is 4. The summed E-state index contributed by atoms with van der Waals surface area (Å²) in [5.74, 6) is -3.61. The number of amides is 1. The minimum atomic E-state index is -1.70. The summed E-state index contributed by atoms with van der Waals surface area (Å²) in [6.45, 7) is 19.8. The summed E-state index contributed by atoms with van der Waals surface area (Å²) in [4.78, 5) is 54.0. The molecule has 8 unspecified atom stereocenters. The van der Waals surface area contributed by atoms with Crippen molar-refractivity contribution < 1.29 is 92.8 Å². The molecule has 0 aromatic rings. The van der Waals surface area contributed by atoms with Gasteiger partial charge in [0.05, 0.1) is 23.2 Å². The van der Waals surface area contributed by atoms with Crippen LogP contribution in [0.4, 0.5) is 4.79 Å². The Hall–Kier alpha value is 0.402. The van der Waals surface area contributed by atoms with Gasteiger partial charge in [-0.15, -0.1) is 0 Å². The summed E-state index contributed by atoms with van der Waals surface area (Å²) < 4.78 is 17.4. The van der Waals surface area contributed by atoms with Gasteiger partial charge in [-0.3, -0.25) is 9.59 Å². The van der Waals surface area contributed by atoms with Gasteiger partial charge in [-0.2, -0.15) is 0 Å². The maximum atomic E-state index is 14.8. The fraction of sp³-hybridized carbons (Fsp3) is 0.838. The van der Waals surface area contributed by atoms with Crippen molar-refractivity contribution >= 4 is 61.0 Å². The Balaban J connectivity index is 0.00000230. The van der Waals surface area contributed by atoms with Gasteiger partial charge in [0, 0.05) is 94.1 Å². The Morgan fingerprint density at radius 2 is 1.61 bits per heavy atom. The molecule has 5 aliphatic carbocycles. The zero-order valence-corrected chi connectivity index (χ0v) is 40.9. The molecule has 51 heavy (non-hydrogen) atoms. The first-order valence-electron chi connectivity index (χ1n) is 17.7. The molecule has 12 atom stereocenters. The molecular formula is C37H57AcI2NO10. The average molecular weight is 1160 g/mol. The van der Waals surface area contributed by atoms with Crippen LogP contribution in [0.2, 0.25) is 0 Å². The van der Waals surface area contributed by atoms with E-state index in [0.717, 1.165) is 6.42 Å². The molecule has 0 spiro atoms. The number of carbonyl (C=O) groups excluding carboxylic acids is 4. The number of ether oxygens (including phenoxy) is 3. The first-order valence-corrected chi connectivity index (χ1v) is 24.0. The minimum absolute atomic E-state index is 0. The molecule has 4 fully saturated rings. The second kappa shape index (κ2) is 16.1. The van der Waals surface area contributed by atoms with E-state index in [1.54, 1.807) is 34.6 Å². The van der Waals surface area contributed by atoms with Gasteiger partial charge < -0.3 is 34.8 Å². The van der Waals surface area contributed by atoms with Gasteiger partial charge >= 0.3 is 18.0 Å². The third kappa shape index (κ3) is 8.42. The van der Waals surface area contributed by atoms with Gasteiger partial charge in [0.2, 0.25) is 0 Å². The molecule has 5 rings (SSSR count). The number of rotatable bonds is 6. The van der Waals surface area contributed by atoms with E-state index in [0.29, 0.717) is 30.4 Å². The molecule has 0 aromatic carbocycles. The number of alkyl carbamates (subject to hydrolysis) is 1. The van der Waals surface area contributed by atoms with Crippen molar-refractivity contribution in [2.75, 3.05) is 0 Å². The SMILES string of the molecule is CC(=O)OC1C(=O)[C@]2(C)C(O)C[C@H]3CCC3(O)[C@H]2[C@H](C)C2CC(OC(=O)C(O)C(NC(=O)OC(C)(C)C)C3CC3(C)C)C(C)=C1C2(C)C.II.[Ac]. The molecule has 1 amide bonds. The van der Waals surface area contributed by atoms with Crippen LogP contribution in [0.25, 0.3) is 0 Å². The van der Waals surface area contributed by atoms with E-state index >= 15 is 0 Å². The monoisotopic (exact) mass is 1160 g/mol. The van der Waals surface area contributed by atoms with Crippen molar-refractivity contribution in [3.05, 3.63) is 11.1 Å².